The van der Waals surface area contributed by atoms with E-state index in [1.54, 1.807) is 29.7 Å². The molecule has 0 aliphatic carbocycles. The Labute approximate surface area is 178 Å². The van der Waals surface area contributed by atoms with Crippen molar-refractivity contribution >= 4 is 11.6 Å². The van der Waals surface area contributed by atoms with E-state index in [0.717, 1.165) is 12.8 Å². The topological polar surface area (TPSA) is 98.4 Å². The number of imidazole rings is 1. The number of ether oxygens (including phenoxy) is 1. The SMILES string of the molecule is C[C@@H]1CC[C@@H](Oc2nccn3ccnc23)CN1C(=O)c1nccnc1-c1ccccn1. The fourth-order valence-electron chi connectivity index (χ4n) is 3.84. The van der Waals surface area contributed by atoms with Gasteiger partial charge in [-0.15, -0.1) is 0 Å². The van der Waals surface area contributed by atoms with Crippen molar-refractivity contribution in [3.63, 3.8) is 0 Å². The molecule has 5 heterocycles. The third-order valence-corrected chi connectivity index (χ3v) is 5.47. The van der Waals surface area contributed by atoms with Crippen LogP contribution in [0.5, 0.6) is 5.88 Å². The van der Waals surface area contributed by atoms with Gasteiger partial charge in [-0.25, -0.2) is 15.0 Å². The molecule has 2 atom stereocenters. The van der Waals surface area contributed by atoms with Crippen LogP contribution in [0.15, 0.2) is 61.6 Å². The van der Waals surface area contributed by atoms with Gasteiger partial charge in [-0.05, 0) is 31.9 Å². The van der Waals surface area contributed by atoms with Crippen molar-refractivity contribution in [1.82, 2.24) is 34.2 Å². The second-order valence-corrected chi connectivity index (χ2v) is 7.48. The molecular formula is C22H21N7O2. The Balaban J connectivity index is 1.40. The molecule has 5 rings (SSSR count). The average Bonchev–Trinajstić information content (AvgIpc) is 3.30. The quantitative estimate of drug-likeness (QED) is 0.505. The van der Waals surface area contributed by atoms with Gasteiger partial charge in [-0.3, -0.25) is 14.8 Å². The Morgan fingerprint density at radius 1 is 0.968 bits per heavy atom. The Kier molecular flexibility index (Phi) is 4.99. The maximum Gasteiger partial charge on any atom is 0.275 e. The number of hydrogen-bond acceptors (Lipinski definition) is 7. The van der Waals surface area contributed by atoms with Crippen LogP contribution in [-0.2, 0) is 0 Å². The molecule has 1 fully saturated rings. The summed E-state index contributed by atoms with van der Waals surface area (Å²) < 4.78 is 8.03. The standard InChI is InChI=1S/C22H21N7O2/c1-15-5-6-16(31-21-20-26-10-12-28(20)13-11-27-21)14-29(15)22(30)19-18(24-8-9-25-19)17-4-2-3-7-23-17/h2-4,7-13,15-16H,5-6,14H2,1H3/t15-,16-/m1/s1. The lowest BCUT2D eigenvalue weighted by Crippen LogP contribution is -2.49. The number of piperidine rings is 1. The molecule has 1 amide bonds. The summed E-state index contributed by atoms with van der Waals surface area (Å²) in [5, 5.41) is 0. The number of rotatable bonds is 4. The predicted octanol–water partition coefficient (Wildman–Crippen LogP) is 2.65. The highest BCUT2D eigenvalue weighted by molar-refractivity contribution is 5.97. The summed E-state index contributed by atoms with van der Waals surface area (Å²) in [4.78, 5) is 37.0. The van der Waals surface area contributed by atoms with Crippen molar-refractivity contribution in [3.05, 3.63) is 67.3 Å². The lowest BCUT2D eigenvalue weighted by molar-refractivity contribution is 0.0371. The number of pyridine rings is 1. The van der Waals surface area contributed by atoms with Crippen LogP contribution in [0, 0.1) is 0 Å². The molecule has 1 saturated heterocycles. The predicted molar refractivity (Wildman–Crippen MR) is 112 cm³/mol. The molecule has 1 aliphatic rings. The summed E-state index contributed by atoms with van der Waals surface area (Å²) in [7, 11) is 0. The lowest BCUT2D eigenvalue weighted by atomic mass is 10.0. The van der Waals surface area contributed by atoms with E-state index in [1.165, 1.54) is 6.20 Å². The molecule has 0 spiro atoms. The molecule has 4 aromatic heterocycles. The minimum Gasteiger partial charge on any atom is -0.470 e. The average molecular weight is 415 g/mol. The minimum absolute atomic E-state index is 0.0566. The molecule has 0 aromatic carbocycles. The largest absolute Gasteiger partial charge is 0.470 e. The number of fused-ring (bicyclic) bond motifs is 1. The highest BCUT2D eigenvalue weighted by Gasteiger charge is 2.33. The second kappa shape index (κ2) is 8.10. The Morgan fingerprint density at radius 3 is 2.65 bits per heavy atom. The zero-order chi connectivity index (χ0) is 21.2. The monoisotopic (exact) mass is 415 g/mol. The van der Waals surface area contributed by atoms with Crippen LogP contribution in [0.4, 0.5) is 0 Å². The molecule has 0 bridgehead atoms. The van der Waals surface area contributed by atoms with Crippen molar-refractivity contribution < 1.29 is 9.53 Å². The lowest BCUT2D eigenvalue weighted by Gasteiger charge is -2.37. The van der Waals surface area contributed by atoms with Gasteiger partial charge in [-0.1, -0.05) is 6.07 Å². The number of aromatic nitrogens is 6. The van der Waals surface area contributed by atoms with E-state index < -0.39 is 0 Å². The maximum atomic E-state index is 13.5. The number of carbonyl (C=O) groups is 1. The number of carbonyl (C=O) groups excluding carboxylic acids is 1. The van der Waals surface area contributed by atoms with Crippen molar-refractivity contribution in [2.24, 2.45) is 0 Å². The third kappa shape index (κ3) is 3.70. The molecule has 156 valence electrons. The van der Waals surface area contributed by atoms with Gasteiger partial charge >= 0.3 is 0 Å². The van der Waals surface area contributed by atoms with E-state index in [9.17, 15) is 4.79 Å². The second-order valence-electron chi connectivity index (χ2n) is 7.48. The smallest absolute Gasteiger partial charge is 0.275 e. The zero-order valence-electron chi connectivity index (χ0n) is 17.0. The van der Waals surface area contributed by atoms with Gasteiger partial charge < -0.3 is 14.0 Å². The normalized spacial score (nSPS) is 18.8. The first-order chi connectivity index (χ1) is 15.2. The number of nitrogens with zero attached hydrogens (tertiary/aromatic N) is 7. The van der Waals surface area contributed by atoms with E-state index >= 15 is 0 Å². The number of amides is 1. The van der Waals surface area contributed by atoms with E-state index in [-0.39, 0.29) is 18.1 Å². The Morgan fingerprint density at radius 2 is 1.81 bits per heavy atom. The van der Waals surface area contributed by atoms with Gasteiger partial charge in [0.1, 0.15) is 11.8 Å². The van der Waals surface area contributed by atoms with Crippen LogP contribution in [0.1, 0.15) is 30.3 Å². The summed E-state index contributed by atoms with van der Waals surface area (Å²) in [5.41, 5.74) is 2.05. The fraction of sp³-hybridized carbons (Fsp3) is 0.273. The van der Waals surface area contributed by atoms with Gasteiger partial charge in [0.15, 0.2) is 11.3 Å². The molecule has 4 aromatic rings. The molecular weight excluding hydrogens is 394 g/mol. The first-order valence-corrected chi connectivity index (χ1v) is 10.2. The van der Waals surface area contributed by atoms with E-state index in [4.69, 9.17) is 4.74 Å². The van der Waals surface area contributed by atoms with Crippen molar-refractivity contribution in [2.75, 3.05) is 6.54 Å². The fourth-order valence-corrected chi connectivity index (χ4v) is 3.84. The van der Waals surface area contributed by atoms with E-state index in [2.05, 4.69) is 24.9 Å². The van der Waals surface area contributed by atoms with Crippen molar-refractivity contribution in [3.8, 4) is 17.3 Å². The van der Waals surface area contributed by atoms with Gasteiger partial charge in [0.2, 0.25) is 0 Å². The Bertz CT molecular complexity index is 1210. The van der Waals surface area contributed by atoms with Crippen molar-refractivity contribution in [1.29, 1.82) is 0 Å². The first-order valence-electron chi connectivity index (χ1n) is 10.2. The van der Waals surface area contributed by atoms with Gasteiger partial charge in [0.25, 0.3) is 11.8 Å². The first kappa shape index (κ1) is 19.1. The number of likely N-dealkylation sites (tertiary alicyclic amines) is 1. The zero-order valence-corrected chi connectivity index (χ0v) is 17.0. The molecule has 0 unspecified atom stereocenters. The molecule has 0 N–H and O–H groups in total. The highest BCUT2D eigenvalue weighted by atomic mass is 16.5. The Hall–Kier alpha value is -3.88. The minimum atomic E-state index is -0.189. The van der Waals surface area contributed by atoms with Crippen LogP contribution in [-0.4, -0.2) is 58.8 Å². The van der Waals surface area contributed by atoms with Crippen LogP contribution < -0.4 is 4.74 Å². The summed E-state index contributed by atoms with van der Waals surface area (Å²) >= 11 is 0. The van der Waals surface area contributed by atoms with Crippen molar-refractivity contribution in [2.45, 2.75) is 31.9 Å². The summed E-state index contributed by atoms with van der Waals surface area (Å²) in [6, 6.07) is 5.57. The molecule has 31 heavy (non-hydrogen) atoms. The molecule has 1 aliphatic heterocycles. The highest BCUT2D eigenvalue weighted by Crippen LogP contribution is 2.26. The van der Waals surface area contributed by atoms with E-state index in [1.807, 2.05) is 41.9 Å². The van der Waals surface area contributed by atoms with Gasteiger partial charge in [0.05, 0.1) is 12.2 Å². The van der Waals surface area contributed by atoms with Gasteiger partial charge in [-0.2, -0.15) is 0 Å². The van der Waals surface area contributed by atoms with Crippen LogP contribution in [0.3, 0.4) is 0 Å². The van der Waals surface area contributed by atoms with Gasteiger partial charge in [0, 0.05) is 49.4 Å². The number of hydrogen-bond donors (Lipinski definition) is 0. The molecule has 9 heteroatoms. The van der Waals surface area contributed by atoms with Crippen LogP contribution in [0.2, 0.25) is 0 Å². The van der Waals surface area contributed by atoms with E-state index in [0.29, 0.717) is 35.2 Å². The molecule has 0 saturated carbocycles. The van der Waals surface area contributed by atoms with Crippen LogP contribution in [0.25, 0.3) is 17.0 Å². The third-order valence-electron chi connectivity index (χ3n) is 5.47. The molecule has 0 radical (unpaired) electrons. The summed E-state index contributed by atoms with van der Waals surface area (Å²) in [6.45, 7) is 2.47. The molecule has 9 nitrogen and oxygen atoms in total. The van der Waals surface area contributed by atoms with Crippen LogP contribution >= 0.6 is 0 Å². The summed E-state index contributed by atoms with van der Waals surface area (Å²) in [6.07, 6.45) is 13.3. The maximum absolute atomic E-state index is 13.5. The summed E-state index contributed by atoms with van der Waals surface area (Å²) in [5.74, 6) is 0.287.